The summed E-state index contributed by atoms with van der Waals surface area (Å²) in [5, 5.41) is 41.8. The van der Waals surface area contributed by atoms with E-state index in [2.05, 4.69) is 25.0 Å². The van der Waals surface area contributed by atoms with Crippen molar-refractivity contribution in [2.75, 3.05) is 19.5 Å². The van der Waals surface area contributed by atoms with Gasteiger partial charge in [0.25, 0.3) is 5.91 Å². The Morgan fingerprint density at radius 3 is 2.06 bits per heavy atom. The molecular formula is C22H17N3O10-2. The van der Waals surface area contributed by atoms with Crippen molar-refractivity contribution in [2.24, 2.45) is 10.2 Å². The van der Waals surface area contributed by atoms with Crippen LogP contribution in [0.25, 0.3) is 0 Å². The lowest BCUT2D eigenvalue weighted by Crippen LogP contribution is -2.23. The van der Waals surface area contributed by atoms with Gasteiger partial charge in [0.2, 0.25) is 0 Å². The Morgan fingerprint density at radius 2 is 1.51 bits per heavy atom. The summed E-state index contributed by atoms with van der Waals surface area (Å²) in [6, 6.07) is 6.30. The van der Waals surface area contributed by atoms with Crippen molar-refractivity contribution >= 4 is 41.2 Å². The van der Waals surface area contributed by atoms with Gasteiger partial charge in [0.05, 0.1) is 36.9 Å². The third kappa shape index (κ3) is 6.47. The first kappa shape index (κ1) is 26.2. The molecule has 2 N–H and O–H groups in total. The zero-order chi connectivity index (χ0) is 26.3. The van der Waals surface area contributed by atoms with Crippen molar-refractivity contribution in [2.45, 2.75) is 6.92 Å². The number of carbonyl (C=O) groups is 5. The van der Waals surface area contributed by atoms with E-state index in [9.17, 15) is 34.2 Å². The molecule has 2 rings (SSSR count). The van der Waals surface area contributed by atoms with Gasteiger partial charge in [-0.25, -0.2) is 14.4 Å². The Balaban J connectivity index is 2.46. The molecule has 0 radical (unpaired) electrons. The summed E-state index contributed by atoms with van der Waals surface area (Å²) in [6.07, 6.45) is 0. The second-order valence-electron chi connectivity index (χ2n) is 6.67. The zero-order valence-corrected chi connectivity index (χ0v) is 18.5. The van der Waals surface area contributed by atoms with E-state index in [-0.39, 0.29) is 22.5 Å². The minimum atomic E-state index is -1.69. The average molecular weight is 483 g/mol. The number of amides is 1. The molecule has 13 heteroatoms. The van der Waals surface area contributed by atoms with E-state index in [4.69, 9.17) is 5.11 Å². The second-order valence-corrected chi connectivity index (χ2v) is 6.67. The Bertz CT molecular complexity index is 1240. The van der Waals surface area contributed by atoms with Crippen molar-refractivity contribution in [3.63, 3.8) is 0 Å². The van der Waals surface area contributed by atoms with E-state index in [0.717, 1.165) is 45.4 Å². The van der Waals surface area contributed by atoms with Crippen LogP contribution in [0.15, 0.2) is 58.1 Å². The van der Waals surface area contributed by atoms with Gasteiger partial charge in [0.15, 0.2) is 0 Å². The van der Waals surface area contributed by atoms with Crippen LogP contribution in [0.5, 0.6) is 0 Å². The highest BCUT2D eigenvalue weighted by Gasteiger charge is 2.17. The van der Waals surface area contributed by atoms with Crippen LogP contribution in [-0.4, -0.2) is 49.1 Å². The molecule has 2 aromatic carbocycles. The van der Waals surface area contributed by atoms with Crippen LogP contribution in [-0.2, 0) is 14.3 Å². The Labute approximate surface area is 197 Å². The van der Waals surface area contributed by atoms with Gasteiger partial charge < -0.3 is 34.9 Å². The largest absolute Gasteiger partial charge is 0.874 e. The smallest absolute Gasteiger partial charge is 0.340 e. The highest BCUT2D eigenvalue weighted by molar-refractivity contribution is 6.05. The van der Waals surface area contributed by atoms with E-state index < -0.39 is 52.4 Å². The Hall–Kier alpha value is -5.07. The third-order valence-corrected chi connectivity index (χ3v) is 4.30. The number of allylic oxidation sites excluding steroid dienone is 1. The number of aromatic carboxylic acids is 2. The minimum Gasteiger partial charge on any atom is -0.874 e. The molecule has 0 atom stereocenters. The first-order valence-corrected chi connectivity index (χ1v) is 9.49. The highest BCUT2D eigenvalue weighted by Crippen LogP contribution is 2.25. The number of benzene rings is 2. The number of nitrogens with one attached hydrogen (secondary N) is 1. The van der Waals surface area contributed by atoms with Gasteiger partial charge in [-0.1, -0.05) is 6.92 Å². The van der Waals surface area contributed by atoms with Gasteiger partial charge in [-0.2, -0.15) is 0 Å². The van der Waals surface area contributed by atoms with Crippen LogP contribution in [0.3, 0.4) is 0 Å². The molecule has 0 aliphatic heterocycles. The van der Waals surface area contributed by atoms with Crippen molar-refractivity contribution in [1.29, 1.82) is 0 Å². The number of carbonyl (C=O) groups excluding carboxylic acids is 4. The first-order valence-electron chi connectivity index (χ1n) is 9.49. The van der Waals surface area contributed by atoms with Crippen molar-refractivity contribution < 1.29 is 48.8 Å². The summed E-state index contributed by atoms with van der Waals surface area (Å²) in [7, 11) is 2.24. The van der Waals surface area contributed by atoms with Crippen molar-refractivity contribution in [1.82, 2.24) is 0 Å². The lowest BCUT2D eigenvalue weighted by Gasteiger charge is -2.13. The number of esters is 2. The predicted molar refractivity (Wildman–Crippen MR) is 113 cm³/mol. The summed E-state index contributed by atoms with van der Waals surface area (Å²) in [5.74, 6) is -6.79. The molecule has 0 fully saturated rings. The van der Waals surface area contributed by atoms with Gasteiger partial charge in [-0.05, 0) is 36.4 Å². The van der Waals surface area contributed by atoms with E-state index in [1.54, 1.807) is 0 Å². The normalized spacial score (nSPS) is 11.4. The Kier molecular flexibility index (Phi) is 8.36. The van der Waals surface area contributed by atoms with Crippen LogP contribution in [0, 0.1) is 0 Å². The number of nitrogens with zero attached hydrogens (tertiary/aromatic N) is 2. The Morgan fingerprint density at radius 1 is 0.886 bits per heavy atom. The number of anilines is 1. The topological polar surface area (TPSA) is 207 Å². The molecule has 0 saturated carbocycles. The molecule has 35 heavy (non-hydrogen) atoms. The van der Waals surface area contributed by atoms with Crippen LogP contribution in [0.1, 0.15) is 48.4 Å². The monoisotopic (exact) mass is 483 g/mol. The molecule has 0 aliphatic carbocycles. The predicted octanol–water partition coefficient (Wildman–Crippen LogP) is 0.636. The van der Waals surface area contributed by atoms with Gasteiger partial charge in [-0.3, -0.25) is 4.79 Å². The van der Waals surface area contributed by atoms with Gasteiger partial charge in [0.1, 0.15) is 11.4 Å². The van der Waals surface area contributed by atoms with Crippen LogP contribution in [0.2, 0.25) is 0 Å². The fraction of sp³-hybridized carbons (Fsp3) is 0.136. The molecule has 0 aliphatic rings. The van der Waals surface area contributed by atoms with Gasteiger partial charge in [-0.15, -0.1) is 16.0 Å². The SMILES string of the molecule is COC(=O)c1ccc(C(=O)OC)c(N=NC(C(=O)Nc2cc(C(=O)[O-])cc(C(=O)O)c2)=C(C)[O-])c1. The number of rotatable bonds is 8. The van der Waals surface area contributed by atoms with Gasteiger partial charge in [0, 0.05) is 11.3 Å². The fourth-order valence-corrected chi connectivity index (χ4v) is 2.65. The maximum absolute atomic E-state index is 12.6. The van der Waals surface area contributed by atoms with Crippen molar-refractivity contribution in [3.8, 4) is 0 Å². The quantitative estimate of drug-likeness (QED) is 0.232. The average Bonchev–Trinajstić information content (AvgIpc) is 2.82. The molecule has 1 amide bonds. The molecule has 0 bridgehead atoms. The summed E-state index contributed by atoms with van der Waals surface area (Å²) >= 11 is 0. The molecule has 0 unspecified atom stereocenters. The van der Waals surface area contributed by atoms with E-state index in [1.165, 1.54) is 12.1 Å². The van der Waals surface area contributed by atoms with Crippen LogP contribution < -0.4 is 15.5 Å². The summed E-state index contributed by atoms with van der Waals surface area (Å²) in [6.45, 7) is 0.986. The molecule has 0 heterocycles. The molecule has 0 spiro atoms. The number of hydrogen-bond acceptors (Lipinski definition) is 11. The molecule has 0 saturated heterocycles. The lowest BCUT2D eigenvalue weighted by molar-refractivity contribution is -0.303. The van der Waals surface area contributed by atoms with Crippen LogP contribution >= 0.6 is 0 Å². The number of hydrogen-bond donors (Lipinski definition) is 2. The van der Waals surface area contributed by atoms with Gasteiger partial charge >= 0.3 is 17.9 Å². The van der Waals surface area contributed by atoms with E-state index in [1.807, 2.05) is 0 Å². The first-order chi connectivity index (χ1) is 16.5. The maximum atomic E-state index is 12.6. The molecular weight excluding hydrogens is 466 g/mol. The molecule has 13 nitrogen and oxygen atoms in total. The number of azo groups is 1. The summed E-state index contributed by atoms with van der Waals surface area (Å²) in [4.78, 5) is 58.8. The number of carboxylic acids is 2. The zero-order valence-electron chi connectivity index (χ0n) is 18.5. The molecule has 0 aromatic heterocycles. The maximum Gasteiger partial charge on any atom is 0.340 e. The number of ether oxygens (including phenoxy) is 2. The molecule has 182 valence electrons. The standard InChI is InChI=1S/C22H19N3O10/c1-10(26)17(18(27)23-14-7-12(19(28)29)6-13(8-14)20(30)31)25-24-16-9-11(21(32)34-2)4-5-15(16)22(33)35-3/h4-9,26H,1-3H3,(H,23,27)(H,28,29)(H,30,31)/p-2. The number of methoxy groups -OCH3 is 2. The van der Waals surface area contributed by atoms with E-state index >= 15 is 0 Å². The summed E-state index contributed by atoms with van der Waals surface area (Å²) < 4.78 is 9.23. The lowest BCUT2D eigenvalue weighted by atomic mass is 10.1. The third-order valence-electron chi connectivity index (χ3n) is 4.30. The summed E-state index contributed by atoms with van der Waals surface area (Å²) in [5.41, 5.74) is -2.42. The van der Waals surface area contributed by atoms with Crippen LogP contribution in [0.4, 0.5) is 11.4 Å². The van der Waals surface area contributed by atoms with Crippen molar-refractivity contribution in [3.05, 3.63) is 70.1 Å². The number of carboxylic acid groups (broad SMARTS) is 2. The fourth-order valence-electron chi connectivity index (χ4n) is 2.65. The minimum absolute atomic E-state index is 0.0109. The highest BCUT2D eigenvalue weighted by atomic mass is 16.5. The second kappa shape index (κ2) is 11.2. The molecule has 2 aromatic rings. The van der Waals surface area contributed by atoms with E-state index in [0.29, 0.717) is 0 Å².